The summed E-state index contributed by atoms with van der Waals surface area (Å²) < 4.78 is 15.9. The summed E-state index contributed by atoms with van der Waals surface area (Å²) in [6, 6.07) is 5.92. The Bertz CT molecular complexity index is 696. The van der Waals surface area contributed by atoms with Gasteiger partial charge in [0, 0.05) is 53.4 Å². The molecule has 1 amide bonds. The molecule has 176 valence electrons. The fraction of sp³-hybridized carbons (Fsp3) is 0.619. The second-order valence-corrected chi connectivity index (χ2v) is 6.92. The Kier molecular flexibility index (Phi) is 13.3. The highest BCUT2D eigenvalue weighted by atomic mass is 127. The van der Waals surface area contributed by atoms with E-state index in [2.05, 4.69) is 25.4 Å². The molecule has 1 aromatic carbocycles. The predicted octanol–water partition coefficient (Wildman–Crippen LogP) is 1.17. The zero-order valence-electron chi connectivity index (χ0n) is 19.0. The number of hydrogen-bond donors (Lipinski definition) is 2. The molecule has 0 aliphatic carbocycles. The van der Waals surface area contributed by atoms with Crippen LogP contribution in [0.4, 0.5) is 0 Å². The van der Waals surface area contributed by atoms with Crippen LogP contribution in [0, 0.1) is 0 Å². The van der Waals surface area contributed by atoms with Crippen molar-refractivity contribution in [1.82, 2.24) is 20.4 Å². The molecule has 1 fully saturated rings. The molecular formula is C21H36IN5O4. The van der Waals surface area contributed by atoms with Crippen molar-refractivity contribution in [2.45, 2.75) is 13.5 Å². The van der Waals surface area contributed by atoms with Gasteiger partial charge in [0.25, 0.3) is 0 Å². The summed E-state index contributed by atoms with van der Waals surface area (Å²) in [5.74, 6) is 2.36. The number of piperazine rings is 1. The largest absolute Gasteiger partial charge is 0.493 e. The van der Waals surface area contributed by atoms with Gasteiger partial charge in [-0.15, -0.1) is 24.0 Å². The lowest BCUT2D eigenvalue weighted by Crippen LogP contribution is -2.54. The molecule has 0 unspecified atom stereocenters. The Balaban J connectivity index is 0.00000480. The van der Waals surface area contributed by atoms with Gasteiger partial charge in [-0.05, 0) is 24.6 Å². The molecule has 0 radical (unpaired) electrons. The molecule has 1 aliphatic heterocycles. The van der Waals surface area contributed by atoms with Crippen LogP contribution in [0.1, 0.15) is 12.5 Å². The minimum atomic E-state index is 0. The highest BCUT2D eigenvalue weighted by molar-refractivity contribution is 14.0. The first kappa shape index (κ1) is 27.2. The number of hydrogen-bond acceptors (Lipinski definition) is 6. The van der Waals surface area contributed by atoms with E-state index in [1.165, 1.54) is 0 Å². The Morgan fingerprint density at radius 2 is 1.87 bits per heavy atom. The summed E-state index contributed by atoms with van der Waals surface area (Å²) in [7, 11) is 5.05. The molecule has 1 aliphatic rings. The smallest absolute Gasteiger partial charge is 0.234 e. The van der Waals surface area contributed by atoms with E-state index in [1.54, 1.807) is 21.3 Å². The first-order valence-electron chi connectivity index (χ1n) is 10.3. The molecule has 10 heteroatoms. The van der Waals surface area contributed by atoms with Crippen LogP contribution in [0.5, 0.6) is 11.5 Å². The maximum absolute atomic E-state index is 12.0. The quantitative estimate of drug-likeness (QED) is 0.196. The molecule has 9 nitrogen and oxygen atoms in total. The molecule has 2 rings (SSSR count). The number of halogens is 1. The van der Waals surface area contributed by atoms with E-state index in [0.29, 0.717) is 32.8 Å². The van der Waals surface area contributed by atoms with Crippen molar-refractivity contribution in [3.05, 3.63) is 23.8 Å². The van der Waals surface area contributed by atoms with Crippen molar-refractivity contribution in [1.29, 1.82) is 0 Å². The number of methoxy groups -OCH3 is 2. The van der Waals surface area contributed by atoms with Gasteiger partial charge in [0.2, 0.25) is 5.91 Å². The van der Waals surface area contributed by atoms with E-state index in [-0.39, 0.29) is 29.9 Å². The van der Waals surface area contributed by atoms with Gasteiger partial charge in [-0.3, -0.25) is 14.7 Å². The van der Waals surface area contributed by atoms with Gasteiger partial charge >= 0.3 is 0 Å². The normalized spacial score (nSPS) is 14.6. The summed E-state index contributed by atoms with van der Waals surface area (Å²) in [6.45, 7) is 7.93. The standard InChI is InChI=1S/C21H35N5O4.HI/c1-5-30-19-14-17(6-7-18(19)29-4)15-24-21(22-2)26-11-9-25(10-12-26)16-20(27)23-8-13-28-3;/h6-7,14H,5,8-13,15-16H2,1-4H3,(H,22,24)(H,23,27);1H. The van der Waals surface area contributed by atoms with Crippen LogP contribution in [-0.4, -0.2) is 95.4 Å². The zero-order chi connectivity index (χ0) is 21.8. The minimum Gasteiger partial charge on any atom is -0.493 e. The monoisotopic (exact) mass is 549 g/mol. The lowest BCUT2D eigenvalue weighted by Gasteiger charge is -2.36. The molecule has 0 spiro atoms. The second kappa shape index (κ2) is 15.1. The third-order valence-corrected chi connectivity index (χ3v) is 4.86. The first-order valence-corrected chi connectivity index (χ1v) is 10.3. The fourth-order valence-electron chi connectivity index (χ4n) is 3.28. The Hall–Kier alpha value is -1.79. The van der Waals surface area contributed by atoms with E-state index in [9.17, 15) is 4.79 Å². The lowest BCUT2D eigenvalue weighted by atomic mass is 10.2. The van der Waals surface area contributed by atoms with Crippen LogP contribution in [-0.2, 0) is 16.1 Å². The number of nitrogens with one attached hydrogen (secondary N) is 2. The van der Waals surface area contributed by atoms with Crippen molar-refractivity contribution < 1.29 is 19.0 Å². The number of aliphatic imine (C=N–C) groups is 1. The molecule has 31 heavy (non-hydrogen) atoms. The summed E-state index contributed by atoms with van der Waals surface area (Å²) in [6.07, 6.45) is 0. The molecule has 0 atom stereocenters. The molecule has 0 aromatic heterocycles. The average Bonchev–Trinajstić information content (AvgIpc) is 2.76. The van der Waals surface area contributed by atoms with Crippen molar-refractivity contribution in [2.75, 3.05) is 73.7 Å². The van der Waals surface area contributed by atoms with Crippen LogP contribution < -0.4 is 20.1 Å². The number of carbonyl (C=O) groups is 1. The van der Waals surface area contributed by atoms with Crippen molar-refractivity contribution in [2.24, 2.45) is 4.99 Å². The van der Waals surface area contributed by atoms with Gasteiger partial charge in [-0.2, -0.15) is 0 Å². The van der Waals surface area contributed by atoms with Crippen LogP contribution >= 0.6 is 24.0 Å². The number of ether oxygens (including phenoxy) is 3. The SMILES string of the molecule is CCOc1cc(CNC(=NC)N2CCN(CC(=O)NCCOC)CC2)ccc1OC.I. The molecule has 0 bridgehead atoms. The Labute approximate surface area is 202 Å². The summed E-state index contributed by atoms with van der Waals surface area (Å²) >= 11 is 0. The van der Waals surface area contributed by atoms with Gasteiger partial charge in [0.05, 0.1) is 26.9 Å². The minimum absolute atomic E-state index is 0. The number of amides is 1. The summed E-state index contributed by atoms with van der Waals surface area (Å²) in [5, 5.41) is 6.28. The number of carbonyl (C=O) groups excluding carboxylic acids is 1. The number of guanidine groups is 1. The highest BCUT2D eigenvalue weighted by Gasteiger charge is 2.21. The number of benzene rings is 1. The predicted molar refractivity (Wildman–Crippen MR) is 133 cm³/mol. The van der Waals surface area contributed by atoms with Crippen LogP contribution in [0.25, 0.3) is 0 Å². The fourth-order valence-corrected chi connectivity index (χ4v) is 3.28. The molecule has 1 aromatic rings. The first-order chi connectivity index (χ1) is 14.6. The van der Waals surface area contributed by atoms with Crippen molar-refractivity contribution >= 4 is 35.8 Å². The second-order valence-electron chi connectivity index (χ2n) is 6.92. The number of nitrogens with zero attached hydrogens (tertiary/aromatic N) is 3. The Morgan fingerprint density at radius 1 is 1.13 bits per heavy atom. The maximum atomic E-state index is 12.0. The van der Waals surface area contributed by atoms with Gasteiger partial charge in [0.1, 0.15) is 0 Å². The van der Waals surface area contributed by atoms with Gasteiger partial charge < -0.3 is 29.7 Å². The van der Waals surface area contributed by atoms with E-state index < -0.39 is 0 Å². The topological polar surface area (TPSA) is 87.7 Å². The van der Waals surface area contributed by atoms with Crippen LogP contribution in [0.15, 0.2) is 23.2 Å². The third kappa shape index (κ3) is 9.08. The molecule has 1 heterocycles. The molecule has 1 saturated heterocycles. The third-order valence-electron chi connectivity index (χ3n) is 4.86. The van der Waals surface area contributed by atoms with Crippen LogP contribution in [0.3, 0.4) is 0 Å². The van der Waals surface area contributed by atoms with Gasteiger partial charge in [0.15, 0.2) is 17.5 Å². The molecule has 2 N–H and O–H groups in total. The average molecular weight is 549 g/mol. The van der Waals surface area contributed by atoms with Crippen molar-refractivity contribution in [3.8, 4) is 11.5 Å². The van der Waals surface area contributed by atoms with E-state index >= 15 is 0 Å². The molecule has 0 saturated carbocycles. The Morgan fingerprint density at radius 3 is 2.48 bits per heavy atom. The van der Waals surface area contributed by atoms with E-state index in [1.807, 2.05) is 25.1 Å². The van der Waals surface area contributed by atoms with Gasteiger partial charge in [-0.25, -0.2) is 0 Å². The summed E-state index contributed by atoms with van der Waals surface area (Å²) in [4.78, 5) is 20.7. The summed E-state index contributed by atoms with van der Waals surface area (Å²) in [5.41, 5.74) is 1.09. The maximum Gasteiger partial charge on any atom is 0.234 e. The van der Waals surface area contributed by atoms with E-state index in [4.69, 9.17) is 14.2 Å². The van der Waals surface area contributed by atoms with Crippen LogP contribution in [0.2, 0.25) is 0 Å². The number of rotatable bonds is 10. The van der Waals surface area contributed by atoms with Crippen molar-refractivity contribution in [3.63, 3.8) is 0 Å². The van der Waals surface area contributed by atoms with Gasteiger partial charge in [-0.1, -0.05) is 6.07 Å². The zero-order valence-corrected chi connectivity index (χ0v) is 21.3. The van der Waals surface area contributed by atoms with E-state index in [0.717, 1.165) is 49.2 Å². The highest BCUT2D eigenvalue weighted by Crippen LogP contribution is 2.28. The molecular weight excluding hydrogens is 513 g/mol. The lowest BCUT2D eigenvalue weighted by molar-refractivity contribution is -0.122.